The molecular weight excluding hydrogens is 428 g/mol. The summed E-state index contributed by atoms with van der Waals surface area (Å²) < 4.78 is 11.1. The highest BCUT2D eigenvalue weighted by Gasteiger charge is 2.12. The van der Waals surface area contributed by atoms with Crippen molar-refractivity contribution in [1.29, 1.82) is 0 Å². The van der Waals surface area contributed by atoms with Gasteiger partial charge in [0.2, 0.25) is 0 Å². The van der Waals surface area contributed by atoms with E-state index in [0.29, 0.717) is 17.1 Å². The number of nitrogens with zero attached hydrogens (tertiary/aromatic N) is 1. The number of esters is 1. The number of benzene rings is 4. The first-order valence-corrected chi connectivity index (χ1v) is 10.8. The van der Waals surface area contributed by atoms with Gasteiger partial charge in [-0.25, -0.2) is 10.2 Å². The fraction of sp³-hybridized carbons (Fsp3) is 0.107. The highest BCUT2D eigenvalue weighted by Crippen LogP contribution is 2.21. The minimum atomic E-state index is -0.422. The molecule has 6 heteroatoms. The molecule has 4 aromatic carbocycles. The van der Waals surface area contributed by atoms with Crippen LogP contribution in [0.25, 0.3) is 10.8 Å². The van der Waals surface area contributed by atoms with Crippen LogP contribution in [-0.2, 0) is 4.79 Å². The second kappa shape index (κ2) is 10.4. The van der Waals surface area contributed by atoms with E-state index < -0.39 is 5.97 Å². The molecule has 0 saturated heterocycles. The number of rotatable bonds is 7. The van der Waals surface area contributed by atoms with Crippen LogP contribution in [0.3, 0.4) is 0 Å². The molecular formula is C28H24N2O4. The lowest BCUT2D eigenvalue weighted by atomic mass is 10.0. The van der Waals surface area contributed by atoms with Crippen molar-refractivity contribution < 1.29 is 19.1 Å². The lowest BCUT2D eigenvalue weighted by Crippen LogP contribution is -2.24. The van der Waals surface area contributed by atoms with Crippen LogP contribution >= 0.6 is 0 Å². The van der Waals surface area contributed by atoms with Gasteiger partial charge < -0.3 is 9.47 Å². The molecule has 0 heterocycles. The molecule has 170 valence electrons. The van der Waals surface area contributed by atoms with E-state index >= 15 is 0 Å². The Morgan fingerprint density at radius 3 is 2.44 bits per heavy atom. The normalized spacial score (nSPS) is 10.9. The Labute approximate surface area is 197 Å². The van der Waals surface area contributed by atoms with Crippen LogP contribution in [0.5, 0.6) is 11.5 Å². The Kier molecular flexibility index (Phi) is 6.98. The van der Waals surface area contributed by atoms with Gasteiger partial charge >= 0.3 is 5.97 Å². The Hall–Kier alpha value is -4.45. The zero-order valence-corrected chi connectivity index (χ0v) is 18.9. The van der Waals surface area contributed by atoms with Crippen LogP contribution in [0.15, 0.2) is 90.0 Å². The second-order valence-corrected chi connectivity index (χ2v) is 7.77. The monoisotopic (exact) mass is 452 g/mol. The molecule has 1 amide bonds. The number of ether oxygens (including phenoxy) is 2. The van der Waals surface area contributed by atoms with Crippen molar-refractivity contribution in [3.05, 3.63) is 107 Å². The van der Waals surface area contributed by atoms with Gasteiger partial charge in [-0.05, 0) is 77.7 Å². The maximum atomic E-state index is 12.7. The van der Waals surface area contributed by atoms with Crippen molar-refractivity contribution in [3.63, 3.8) is 0 Å². The van der Waals surface area contributed by atoms with Gasteiger partial charge in [-0.15, -0.1) is 0 Å². The van der Waals surface area contributed by atoms with E-state index in [2.05, 4.69) is 10.5 Å². The standard InChI is InChI=1S/C28H24N2O4/c1-19-7-5-12-26(20(19)2)33-18-27(31)30-29-17-21-13-15-23(16-14-21)34-28(32)25-11-6-9-22-8-3-4-10-24(22)25/h3-17H,18H2,1-2H3,(H,30,31)/b29-17-. The summed E-state index contributed by atoms with van der Waals surface area (Å²) in [4.78, 5) is 24.7. The van der Waals surface area contributed by atoms with Gasteiger partial charge in [0, 0.05) is 0 Å². The Balaban J connectivity index is 1.30. The average Bonchev–Trinajstić information content (AvgIpc) is 2.85. The molecule has 34 heavy (non-hydrogen) atoms. The molecule has 0 aliphatic rings. The smallest absolute Gasteiger partial charge is 0.344 e. The molecule has 0 fully saturated rings. The number of nitrogens with one attached hydrogen (secondary N) is 1. The van der Waals surface area contributed by atoms with Gasteiger partial charge in [0.15, 0.2) is 6.61 Å². The third-order valence-corrected chi connectivity index (χ3v) is 5.42. The third kappa shape index (κ3) is 5.48. The molecule has 4 rings (SSSR count). The van der Waals surface area contributed by atoms with E-state index in [0.717, 1.165) is 27.5 Å². The maximum absolute atomic E-state index is 12.7. The molecule has 0 spiro atoms. The predicted molar refractivity (Wildman–Crippen MR) is 132 cm³/mol. The highest BCUT2D eigenvalue weighted by molar-refractivity contribution is 6.05. The maximum Gasteiger partial charge on any atom is 0.344 e. The summed E-state index contributed by atoms with van der Waals surface area (Å²) in [5.74, 6) is 0.306. The van der Waals surface area contributed by atoms with Gasteiger partial charge in [-0.1, -0.05) is 48.5 Å². The van der Waals surface area contributed by atoms with E-state index in [-0.39, 0.29) is 12.5 Å². The summed E-state index contributed by atoms with van der Waals surface area (Å²) >= 11 is 0. The van der Waals surface area contributed by atoms with E-state index in [9.17, 15) is 9.59 Å². The molecule has 0 aliphatic heterocycles. The Morgan fingerprint density at radius 1 is 0.882 bits per heavy atom. The first kappa shape index (κ1) is 22.7. The molecule has 6 nitrogen and oxygen atoms in total. The van der Waals surface area contributed by atoms with Crippen molar-refractivity contribution in [2.45, 2.75) is 13.8 Å². The summed E-state index contributed by atoms with van der Waals surface area (Å²) in [5, 5.41) is 5.77. The number of hydrogen-bond donors (Lipinski definition) is 1. The molecule has 0 aliphatic carbocycles. The number of carbonyl (C=O) groups is 2. The van der Waals surface area contributed by atoms with Gasteiger partial charge in [0.25, 0.3) is 5.91 Å². The van der Waals surface area contributed by atoms with E-state index in [1.54, 1.807) is 30.3 Å². The zero-order chi connectivity index (χ0) is 23.9. The fourth-order valence-corrected chi connectivity index (χ4v) is 3.42. The topological polar surface area (TPSA) is 77.0 Å². The number of hydrogen-bond acceptors (Lipinski definition) is 5. The molecule has 0 unspecified atom stereocenters. The third-order valence-electron chi connectivity index (χ3n) is 5.42. The van der Waals surface area contributed by atoms with Crippen LogP contribution < -0.4 is 14.9 Å². The molecule has 4 aromatic rings. The molecule has 0 atom stereocenters. The van der Waals surface area contributed by atoms with Gasteiger partial charge in [-0.2, -0.15) is 5.10 Å². The predicted octanol–water partition coefficient (Wildman–Crippen LogP) is 5.20. The lowest BCUT2D eigenvalue weighted by molar-refractivity contribution is -0.123. The highest BCUT2D eigenvalue weighted by atomic mass is 16.5. The molecule has 0 saturated carbocycles. The summed E-state index contributed by atoms with van der Waals surface area (Å²) in [7, 11) is 0. The van der Waals surface area contributed by atoms with Gasteiger partial charge in [-0.3, -0.25) is 4.79 Å². The second-order valence-electron chi connectivity index (χ2n) is 7.77. The lowest BCUT2D eigenvalue weighted by Gasteiger charge is -2.09. The summed E-state index contributed by atoms with van der Waals surface area (Å²) in [5.41, 5.74) is 5.79. The van der Waals surface area contributed by atoms with E-state index in [1.165, 1.54) is 6.21 Å². The number of hydrazone groups is 1. The van der Waals surface area contributed by atoms with Crippen molar-refractivity contribution in [1.82, 2.24) is 5.43 Å². The number of amides is 1. The number of aryl methyl sites for hydroxylation is 1. The molecule has 0 aromatic heterocycles. The minimum Gasteiger partial charge on any atom is -0.483 e. The minimum absolute atomic E-state index is 0.134. The molecule has 0 bridgehead atoms. The number of fused-ring (bicyclic) bond motifs is 1. The van der Waals surface area contributed by atoms with Crippen molar-refractivity contribution >= 4 is 28.9 Å². The summed E-state index contributed by atoms with van der Waals surface area (Å²) in [6.07, 6.45) is 1.51. The number of carbonyl (C=O) groups excluding carboxylic acids is 2. The van der Waals surface area contributed by atoms with E-state index in [4.69, 9.17) is 9.47 Å². The zero-order valence-electron chi connectivity index (χ0n) is 18.9. The van der Waals surface area contributed by atoms with Crippen molar-refractivity contribution in [3.8, 4) is 11.5 Å². The van der Waals surface area contributed by atoms with Crippen LogP contribution in [0.2, 0.25) is 0 Å². The first-order chi connectivity index (χ1) is 16.5. The summed E-state index contributed by atoms with van der Waals surface area (Å²) in [6, 6.07) is 25.7. The fourth-order valence-electron chi connectivity index (χ4n) is 3.42. The largest absolute Gasteiger partial charge is 0.483 e. The quantitative estimate of drug-likeness (QED) is 0.181. The SMILES string of the molecule is Cc1cccc(OCC(=O)N/N=C\c2ccc(OC(=O)c3cccc4ccccc34)cc2)c1C. The average molecular weight is 453 g/mol. The van der Waals surface area contributed by atoms with Crippen LogP contribution in [-0.4, -0.2) is 24.7 Å². The van der Waals surface area contributed by atoms with Crippen LogP contribution in [0.1, 0.15) is 27.0 Å². The van der Waals surface area contributed by atoms with Crippen molar-refractivity contribution in [2.75, 3.05) is 6.61 Å². The van der Waals surface area contributed by atoms with Crippen LogP contribution in [0.4, 0.5) is 0 Å². The Bertz CT molecular complexity index is 1360. The molecule has 1 N–H and O–H groups in total. The van der Waals surface area contributed by atoms with Crippen LogP contribution in [0, 0.1) is 13.8 Å². The van der Waals surface area contributed by atoms with Gasteiger partial charge in [0.05, 0.1) is 11.8 Å². The molecule has 0 radical (unpaired) electrons. The first-order valence-electron chi connectivity index (χ1n) is 10.8. The van der Waals surface area contributed by atoms with Crippen molar-refractivity contribution in [2.24, 2.45) is 5.10 Å². The van der Waals surface area contributed by atoms with Gasteiger partial charge in [0.1, 0.15) is 11.5 Å². The van der Waals surface area contributed by atoms with E-state index in [1.807, 2.05) is 68.4 Å². The summed E-state index contributed by atoms with van der Waals surface area (Å²) in [6.45, 7) is 3.80. The Morgan fingerprint density at radius 2 is 1.62 bits per heavy atom.